The van der Waals surface area contributed by atoms with Crippen molar-refractivity contribution in [1.82, 2.24) is 14.7 Å². The molecule has 0 aliphatic carbocycles. The van der Waals surface area contributed by atoms with Crippen LogP contribution in [0.4, 0.5) is 0 Å². The maximum Gasteiger partial charge on any atom is 0.258 e. The summed E-state index contributed by atoms with van der Waals surface area (Å²) in [7, 11) is 1.72. The minimum atomic E-state index is -0.272. The molecule has 0 bridgehead atoms. The van der Waals surface area contributed by atoms with E-state index in [9.17, 15) is 4.79 Å². The molecule has 2 heterocycles. The summed E-state index contributed by atoms with van der Waals surface area (Å²) in [6.07, 6.45) is -0.272. The van der Waals surface area contributed by atoms with E-state index < -0.39 is 0 Å². The second-order valence-corrected chi connectivity index (χ2v) is 7.95. The Balaban J connectivity index is 1.48. The van der Waals surface area contributed by atoms with E-state index in [1.165, 1.54) is 0 Å². The van der Waals surface area contributed by atoms with E-state index in [1.807, 2.05) is 48.5 Å². The maximum absolute atomic E-state index is 13.1. The van der Waals surface area contributed by atoms with Crippen LogP contribution >= 0.6 is 23.2 Å². The Kier molecular flexibility index (Phi) is 5.88. The molecule has 1 unspecified atom stereocenters. The van der Waals surface area contributed by atoms with Gasteiger partial charge < -0.3 is 14.4 Å². The van der Waals surface area contributed by atoms with Crippen molar-refractivity contribution in [3.63, 3.8) is 0 Å². The highest BCUT2D eigenvalue weighted by Gasteiger charge is 2.28. The molecule has 3 aromatic rings. The minimum absolute atomic E-state index is 0.217. The number of hydrogen-bond donors (Lipinski definition) is 0. The molecule has 0 fully saturated rings. The molecule has 1 atom stereocenters. The van der Waals surface area contributed by atoms with Gasteiger partial charge in [0, 0.05) is 12.1 Å². The molecule has 0 spiro atoms. The smallest absolute Gasteiger partial charge is 0.258 e. The van der Waals surface area contributed by atoms with Gasteiger partial charge >= 0.3 is 0 Å². The zero-order valence-electron chi connectivity index (χ0n) is 16.6. The summed E-state index contributed by atoms with van der Waals surface area (Å²) in [4.78, 5) is 14.7. The van der Waals surface area contributed by atoms with E-state index in [2.05, 4.69) is 5.10 Å². The zero-order chi connectivity index (χ0) is 21.3. The Morgan fingerprint density at radius 1 is 1.17 bits per heavy atom. The molecule has 156 valence electrons. The van der Waals surface area contributed by atoms with Gasteiger partial charge in [0.15, 0.2) is 17.6 Å². The van der Waals surface area contributed by atoms with Crippen LogP contribution in [0.3, 0.4) is 0 Å². The number of aryl methyl sites for hydroxylation is 1. The lowest BCUT2D eigenvalue weighted by atomic mass is 10.2. The Morgan fingerprint density at radius 2 is 1.87 bits per heavy atom. The van der Waals surface area contributed by atoms with Crippen molar-refractivity contribution in [3.8, 4) is 11.5 Å². The van der Waals surface area contributed by atoms with Crippen molar-refractivity contribution in [2.45, 2.75) is 19.6 Å². The molecule has 0 saturated carbocycles. The Morgan fingerprint density at radius 3 is 2.63 bits per heavy atom. The molecule has 2 aromatic carbocycles. The molecule has 1 aliphatic heterocycles. The topological polar surface area (TPSA) is 56.6 Å². The molecule has 0 radical (unpaired) electrons. The van der Waals surface area contributed by atoms with Crippen LogP contribution in [0.15, 0.2) is 48.5 Å². The summed E-state index contributed by atoms with van der Waals surface area (Å²) in [5.41, 5.74) is 1.82. The number of carbonyl (C=O) groups is 1. The highest BCUT2D eigenvalue weighted by molar-refractivity contribution is 6.33. The SMILES string of the molecule is Cc1nn(Cc2ccccc2Cl)c(Cl)c1C(=O)N(C)CC1COc2ccccc2O1. The van der Waals surface area contributed by atoms with Crippen LogP contribution in [0.1, 0.15) is 21.6 Å². The number of amides is 1. The second kappa shape index (κ2) is 8.58. The number of likely N-dealkylation sites (N-methyl/N-ethyl adjacent to an activating group) is 1. The number of fused-ring (bicyclic) bond motifs is 1. The fourth-order valence-corrected chi connectivity index (χ4v) is 3.93. The first-order valence-electron chi connectivity index (χ1n) is 9.54. The van der Waals surface area contributed by atoms with E-state index in [-0.39, 0.29) is 17.2 Å². The number of nitrogens with zero attached hydrogens (tertiary/aromatic N) is 3. The predicted molar refractivity (Wildman–Crippen MR) is 116 cm³/mol. The Labute approximate surface area is 184 Å². The molecule has 8 heteroatoms. The number of carbonyl (C=O) groups excluding carboxylic acids is 1. The van der Waals surface area contributed by atoms with Crippen LogP contribution in [-0.4, -0.2) is 46.9 Å². The molecular weight excluding hydrogens is 425 g/mol. The van der Waals surface area contributed by atoms with E-state index >= 15 is 0 Å². The summed E-state index contributed by atoms with van der Waals surface area (Å²) in [6.45, 7) is 2.88. The van der Waals surface area contributed by atoms with Crippen molar-refractivity contribution in [3.05, 3.63) is 75.5 Å². The Hall–Kier alpha value is -2.70. The van der Waals surface area contributed by atoms with Gasteiger partial charge in [-0.3, -0.25) is 4.79 Å². The summed E-state index contributed by atoms with van der Waals surface area (Å²) >= 11 is 12.8. The van der Waals surface area contributed by atoms with Crippen molar-refractivity contribution in [1.29, 1.82) is 0 Å². The normalized spacial score (nSPS) is 15.1. The second-order valence-electron chi connectivity index (χ2n) is 7.18. The first-order valence-corrected chi connectivity index (χ1v) is 10.3. The van der Waals surface area contributed by atoms with Gasteiger partial charge in [0.1, 0.15) is 11.8 Å². The maximum atomic E-state index is 13.1. The van der Waals surface area contributed by atoms with Crippen LogP contribution < -0.4 is 9.47 Å². The molecule has 4 rings (SSSR count). The first kappa shape index (κ1) is 20.6. The number of aromatic nitrogens is 2. The lowest BCUT2D eigenvalue weighted by Gasteiger charge is -2.29. The fraction of sp³-hybridized carbons (Fsp3) is 0.273. The monoisotopic (exact) mass is 445 g/mol. The van der Waals surface area contributed by atoms with Gasteiger partial charge in [-0.15, -0.1) is 0 Å². The van der Waals surface area contributed by atoms with Gasteiger partial charge in [0.2, 0.25) is 0 Å². The summed E-state index contributed by atoms with van der Waals surface area (Å²) < 4.78 is 13.3. The van der Waals surface area contributed by atoms with Gasteiger partial charge in [-0.1, -0.05) is 53.5 Å². The summed E-state index contributed by atoms with van der Waals surface area (Å²) in [5, 5.41) is 5.36. The van der Waals surface area contributed by atoms with Gasteiger partial charge in [-0.05, 0) is 30.7 Å². The summed E-state index contributed by atoms with van der Waals surface area (Å²) in [6, 6.07) is 15.0. The Bertz CT molecular complexity index is 1080. The van der Waals surface area contributed by atoms with Crippen LogP contribution in [0.25, 0.3) is 0 Å². The van der Waals surface area contributed by atoms with Gasteiger partial charge in [-0.25, -0.2) is 4.68 Å². The predicted octanol–water partition coefficient (Wildman–Crippen LogP) is 4.46. The molecule has 6 nitrogen and oxygen atoms in total. The third-order valence-corrected chi connectivity index (χ3v) is 5.70. The molecule has 0 N–H and O–H groups in total. The van der Waals surface area contributed by atoms with Gasteiger partial charge in [0.25, 0.3) is 5.91 Å². The quantitative estimate of drug-likeness (QED) is 0.581. The highest BCUT2D eigenvalue weighted by Crippen LogP contribution is 2.31. The molecule has 1 amide bonds. The van der Waals surface area contributed by atoms with E-state index in [1.54, 1.807) is 23.6 Å². The summed E-state index contributed by atoms with van der Waals surface area (Å²) in [5.74, 6) is 1.17. The van der Waals surface area contributed by atoms with Crippen molar-refractivity contribution in [2.24, 2.45) is 0 Å². The van der Waals surface area contributed by atoms with Crippen LogP contribution in [0.5, 0.6) is 11.5 Å². The van der Waals surface area contributed by atoms with Gasteiger partial charge in [0.05, 0.1) is 24.3 Å². The van der Waals surface area contributed by atoms with E-state index in [0.29, 0.717) is 47.5 Å². The van der Waals surface area contributed by atoms with Gasteiger partial charge in [-0.2, -0.15) is 5.10 Å². The van der Waals surface area contributed by atoms with Crippen molar-refractivity contribution < 1.29 is 14.3 Å². The molecule has 30 heavy (non-hydrogen) atoms. The first-order chi connectivity index (χ1) is 14.4. The molecular formula is C22H21Cl2N3O3. The van der Waals surface area contributed by atoms with Crippen molar-refractivity contribution >= 4 is 29.1 Å². The molecule has 0 saturated heterocycles. The third kappa shape index (κ3) is 4.11. The standard InChI is InChI=1S/C22H21Cl2N3O3/c1-14-20(21(24)27(25-14)11-15-7-3-4-8-17(15)23)22(28)26(2)12-16-13-29-18-9-5-6-10-19(18)30-16/h3-10,16H,11-13H2,1-2H3. The average Bonchev–Trinajstić information content (AvgIpc) is 3.02. The van der Waals surface area contributed by atoms with Crippen LogP contribution in [0.2, 0.25) is 10.2 Å². The average molecular weight is 446 g/mol. The number of ether oxygens (including phenoxy) is 2. The highest BCUT2D eigenvalue weighted by atomic mass is 35.5. The fourth-order valence-electron chi connectivity index (χ4n) is 3.42. The lowest BCUT2D eigenvalue weighted by Crippen LogP contribution is -2.42. The van der Waals surface area contributed by atoms with E-state index in [0.717, 1.165) is 5.56 Å². The number of rotatable bonds is 5. The number of hydrogen-bond acceptors (Lipinski definition) is 4. The molecule has 1 aliphatic rings. The minimum Gasteiger partial charge on any atom is -0.486 e. The third-order valence-electron chi connectivity index (χ3n) is 4.95. The van der Waals surface area contributed by atoms with Crippen LogP contribution in [0, 0.1) is 6.92 Å². The molecule has 1 aromatic heterocycles. The van der Waals surface area contributed by atoms with E-state index in [4.69, 9.17) is 32.7 Å². The van der Waals surface area contributed by atoms with Crippen molar-refractivity contribution in [2.75, 3.05) is 20.2 Å². The zero-order valence-corrected chi connectivity index (χ0v) is 18.2. The largest absolute Gasteiger partial charge is 0.486 e. The lowest BCUT2D eigenvalue weighted by molar-refractivity contribution is 0.0520. The number of para-hydroxylation sites is 2. The number of halogens is 2. The number of benzene rings is 2. The van der Waals surface area contributed by atoms with Crippen LogP contribution in [-0.2, 0) is 6.54 Å².